The molecule has 1 aliphatic heterocycles. The van der Waals surface area contributed by atoms with Gasteiger partial charge in [-0.2, -0.15) is 0 Å². The maximum atomic E-state index is 5.61. The Morgan fingerprint density at radius 1 is 1.26 bits per heavy atom. The lowest BCUT2D eigenvalue weighted by Gasteiger charge is -2.35. The van der Waals surface area contributed by atoms with Gasteiger partial charge in [0.15, 0.2) is 0 Å². The molecule has 2 heterocycles. The molecule has 106 valence electrons. The fourth-order valence-electron chi connectivity index (χ4n) is 2.13. The summed E-state index contributed by atoms with van der Waals surface area (Å²) in [6, 6.07) is 1.93. The molecular weight excluding hydrogens is 308 g/mol. The molecule has 0 bridgehead atoms. The van der Waals surface area contributed by atoms with Crippen LogP contribution in [0.25, 0.3) is 0 Å². The van der Waals surface area contributed by atoms with Crippen molar-refractivity contribution in [2.24, 2.45) is 0 Å². The van der Waals surface area contributed by atoms with Crippen molar-refractivity contribution in [3.8, 4) is 5.88 Å². The van der Waals surface area contributed by atoms with E-state index in [4.69, 9.17) is 4.74 Å². The Morgan fingerprint density at radius 2 is 2.00 bits per heavy atom. The quantitative estimate of drug-likeness (QED) is 0.771. The van der Waals surface area contributed by atoms with E-state index in [1.54, 1.807) is 6.33 Å². The topological polar surface area (TPSA) is 41.5 Å². The highest BCUT2D eigenvalue weighted by Crippen LogP contribution is 2.18. The molecule has 19 heavy (non-hydrogen) atoms. The van der Waals surface area contributed by atoms with Crippen LogP contribution < -0.4 is 9.64 Å². The average molecular weight is 329 g/mol. The molecular formula is C13H21BrN4O. The minimum Gasteiger partial charge on any atom is -0.475 e. The van der Waals surface area contributed by atoms with E-state index in [0.29, 0.717) is 5.88 Å². The van der Waals surface area contributed by atoms with Crippen molar-refractivity contribution in [3.05, 3.63) is 12.4 Å². The normalized spacial score (nSPS) is 16.9. The van der Waals surface area contributed by atoms with E-state index in [1.165, 1.54) is 0 Å². The van der Waals surface area contributed by atoms with Gasteiger partial charge in [0.25, 0.3) is 0 Å². The van der Waals surface area contributed by atoms with E-state index in [0.717, 1.165) is 43.9 Å². The molecule has 0 aliphatic carbocycles. The molecule has 0 unspecified atom stereocenters. The van der Waals surface area contributed by atoms with E-state index < -0.39 is 0 Å². The van der Waals surface area contributed by atoms with E-state index in [-0.39, 0.29) is 6.10 Å². The first kappa shape index (κ1) is 14.5. The molecule has 1 aromatic heterocycles. The SMILES string of the molecule is CC(C)Oc1cc(N2CCN(CCBr)CC2)ncn1. The largest absolute Gasteiger partial charge is 0.475 e. The number of nitrogens with zero attached hydrogens (tertiary/aromatic N) is 4. The van der Waals surface area contributed by atoms with Crippen molar-refractivity contribution in [1.82, 2.24) is 14.9 Å². The van der Waals surface area contributed by atoms with Crippen molar-refractivity contribution in [2.75, 3.05) is 43.0 Å². The Labute approximate surface area is 123 Å². The highest BCUT2D eigenvalue weighted by atomic mass is 79.9. The summed E-state index contributed by atoms with van der Waals surface area (Å²) < 4.78 is 5.61. The van der Waals surface area contributed by atoms with Crippen LogP contribution in [0.5, 0.6) is 5.88 Å². The van der Waals surface area contributed by atoms with Crippen LogP contribution in [0.15, 0.2) is 12.4 Å². The van der Waals surface area contributed by atoms with E-state index in [2.05, 4.69) is 35.7 Å². The van der Waals surface area contributed by atoms with Gasteiger partial charge in [0.1, 0.15) is 12.1 Å². The van der Waals surface area contributed by atoms with Crippen LogP contribution in [-0.2, 0) is 0 Å². The Morgan fingerprint density at radius 3 is 2.63 bits per heavy atom. The molecule has 1 saturated heterocycles. The monoisotopic (exact) mass is 328 g/mol. The summed E-state index contributed by atoms with van der Waals surface area (Å²) in [6.45, 7) is 9.28. The maximum Gasteiger partial charge on any atom is 0.218 e. The predicted molar refractivity (Wildman–Crippen MR) is 80.2 cm³/mol. The molecule has 1 aliphatic rings. The Bertz CT molecular complexity index is 394. The van der Waals surface area contributed by atoms with Gasteiger partial charge in [-0.25, -0.2) is 9.97 Å². The van der Waals surface area contributed by atoms with Crippen molar-refractivity contribution < 1.29 is 4.74 Å². The van der Waals surface area contributed by atoms with Crippen molar-refractivity contribution in [2.45, 2.75) is 20.0 Å². The second-order valence-corrected chi connectivity index (χ2v) is 5.69. The van der Waals surface area contributed by atoms with Crippen LogP contribution >= 0.6 is 15.9 Å². The van der Waals surface area contributed by atoms with Gasteiger partial charge in [0.05, 0.1) is 6.10 Å². The zero-order chi connectivity index (χ0) is 13.7. The second kappa shape index (κ2) is 7.05. The molecule has 0 aromatic carbocycles. The molecule has 5 nitrogen and oxygen atoms in total. The van der Waals surface area contributed by atoms with E-state index >= 15 is 0 Å². The Hall–Kier alpha value is -0.880. The van der Waals surface area contributed by atoms with E-state index in [1.807, 2.05) is 19.9 Å². The number of rotatable bonds is 5. The van der Waals surface area contributed by atoms with Crippen LogP contribution in [0.2, 0.25) is 0 Å². The molecule has 0 saturated carbocycles. The number of anilines is 1. The lowest BCUT2D eigenvalue weighted by Crippen LogP contribution is -2.47. The highest BCUT2D eigenvalue weighted by molar-refractivity contribution is 9.09. The summed E-state index contributed by atoms with van der Waals surface area (Å²) in [5, 5.41) is 1.03. The first-order valence-corrected chi connectivity index (χ1v) is 7.83. The minimum atomic E-state index is 0.138. The lowest BCUT2D eigenvalue weighted by atomic mass is 10.3. The molecule has 1 aromatic rings. The van der Waals surface area contributed by atoms with Gasteiger partial charge >= 0.3 is 0 Å². The molecule has 2 rings (SSSR count). The Kier molecular flexibility index (Phi) is 5.39. The summed E-state index contributed by atoms with van der Waals surface area (Å²) in [4.78, 5) is 13.2. The van der Waals surface area contributed by atoms with Crippen LogP contribution in [0, 0.1) is 0 Å². The van der Waals surface area contributed by atoms with Gasteiger partial charge in [-0.3, -0.25) is 4.90 Å². The maximum absolute atomic E-state index is 5.61. The number of alkyl halides is 1. The summed E-state index contributed by atoms with van der Waals surface area (Å²) in [7, 11) is 0. The first-order chi connectivity index (χ1) is 9.19. The average Bonchev–Trinajstić information content (AvgIpc) is 2.39. The number of hydrogen-bond acceptors (Lipinski definition) is 5. The summed E-state index contributed by atoms with van der Waals surface area (Å²) in [6.07, 6.45) is 1.72. The highest BCUT2D eigenvalue weighted by Gasteiger charge is 2.18. The molecule has 1 fully saturated rings. The Balaban J connectivity index is 1.95. The zero-order valence-electron chi connectivity index (χ0n) is 11.5. The molecule has 0 radical (unpaired) electrons. The third-order valence-corrected chi connectivity index (χ3v) is 3.44. The van der Waals surface area contributed by atoms with Gasteiger partial charge in [0.2, 0.25) is 5.88 Å². The van der Waals surface area contributed by atoms with Crippen molar-refractivity contribution in [3.63, 3.8) is 0 Å². The van der Waals surface area contributed by atoms with Gasteiger partial charge in [-0.15, -0.1) is 0 Å². The zero-order valence-corrected chi connectivity index (χ0v) is 13.1. The van der Waals surface area contributed by atoms with Gasteiger partial charge in [0, 0.05) is 44.1 Å². The number of halogens is 1. The smallest absolute Gasteiger partial charge is 0.218 e. The summed E-state index contributed by atoms with van der Waals surface area (Å²) in [5.74, 6) is 1.62. The van der Waals surface area contributed by atoms with Gasteiger partial charge in [-0.1, -0.05) is 15.9 Å². The fraction of sp³-hybridized carbons (Fsp3) is 0.692. The van der Waals surface area contributed by atoms with Gasteiger partial charge in [-0.05, 0) is 13.8 Å². The molecule has 0 atom stereocenters. The van der Waals surface area contributed by atoms with Gasteiger partial charge < -0.3 is 9.64 Å². The second-order valence-electron chi connectivity index (χ2n) is 4.90. The molecule has 0 spiro atoms. The third-order valence-electron chi connectivity index (χ3n) is 3.08. The summed E-state index contributed by atoms with van der Waals surface area (Å²) in [5.41, 5.74) is 0. The minimum absolute atomic E-state index is 0.138. The fourth-order valence-corrected chi connectivity index (χ4v) is 2.63. The molecule has 0 amide bonds. The predicted octanol–water partition coefficient (Wildman–Crippen LogP) is 1.78. The van der Waals surface area contributed by atoms with Crippen molar-refractivity contribution >= 4 is 21.7 Å². The molecule has 0 N–H and O–H groups in total. The summed E-state index contributed by atoms with van der Waals surface area (Å²) >= 11 is 3.48. The first-order valence-electron chi connectivity index (χ1n) is 6.71. The number of ether oxygens (including phenoxy) is 1. The van der Waals surface area contributed by atoms with Crippen molar-refractivity contribution in [1.29, 1.82) is 0 Å². The van der Waals surface area contributed by atoms with Crippen LogP contribution in [0.1, 0.15) is 13.8 Å². The number of hydrogen-bond donors (Lipinski definition) is 0. The standard InChI is InChI=1S/C13H21BrN4O/c1-11(2)19-13-9-12(15-10-16-13)18-7-5-17(4-3-14)6-8-18/h9-11H,3-8H2,1-2H3. The van der Waals surface area contributed by atoms with Crippen LogP contribution in [-0.4, -0.2) is 59.0 Å². The van der Waals surface area contributed by atoms with Crippen LogP contribution in [0.4, 0.5) is 5.82 Å². The van der Waals surface area contributed by atoms with E-state index in [9.17, 15) is 0 Å². The third kappa shape index (κ3) is 4.31. The number of aromatic nitrogens is 2. The lowest BCUT2D eigenvalue weighted by molar-refractivity contribution is 0.232. The van der Waals surface area contributed by atoms with Crippen LogP contribution in [0.3, 0.4) is 0 Å². The number of piperazine rings is 1. The molecule has 6 heteroatoms.